The summed E-state index contributed by atoms with van der Waals surface area (Å²) in [5.41, 5.74) is 6.41. The number of alkyl halides is 4. The van der Waals surface area contributed by atoms with Crippen molar-refractivity contribution in [2.24, 2.45) is 17.6 Å². The number of carbonyl (C=O) groups is 6. The van der Waals surface area contributed by atoms with Gasteiger partial charge >= 0.3 is 29.2 Å². The lowest BCUT2D eigenvalue weighted by Gasteiger charge is -2.32. The topological polar surface area (TPSA) is 573 Å². The maximum Gasteiger partial charge on any atom is 0.356 e. The fourth-order valence-corrected chi connectivity index (χ4v) is 15.5. The number of Topliss-reactive ketones (excluding diaryl/α,β-unsaturated/α-hetero) is 2. The quantitative estimate of drug-likeness (QED) is 0.0220. The Labute approximate surface area is 769 Å². The Morgan fingerprint density at radius 2 is 0.911 bits per heavy atom. The second-order valence-electron chi connectivity index (χ2n) is 33.8. The first-order valence-electron chi connectivity index (χ1n) is 43.6. The third-order valence-corrected chi connectivity index (χ3v) is 23.0. The minimum atomic E-state index is -3.90. The number of ketones is 2. The Kier molecular flexibility index (Phi) is 31.9. The molecule has 4 fully saturated rings. The standard InChI is InChI=1S/C45H52F2N10O10.C30H33N7O6.C15H21F2N3O5/c1-6-48-42(64)40-54-53-39(30-18-29(23(2)3)32(59)19-33(30)60)57(40)26-7-9-27(10-8-26)66-28-12-14-55(15-13-28)36-21-49-31(20-50-36)41(63)52-37(24(4)5)34(61)17-25-11-16-56(44(65)51-25)43-45(46,47)38(62)35(22-58)67-43;1-4-31-29(40)28-35-34-27(22-13-21(17(2)3)24(38)14-25(22)39)37(28)18-5-7-19(8-6-18)43-20-9-11-36(12-10-20)26-16-32-23(15-33-26)30(41)42;1-7(2)11(18)9(22)5-8-3-4-20(14(24)19-8)13-15(16,17)12(23)10(6-21)25-13/h7-11,16,18-21,23-24,28,35,37-38,43,58-60,62H,6,12-15,17,22H2,1-5H3,(H,48,64)(H,52,63);5-8,13-17,20,38-39H,4,9-12H2,1-3H3,(H,31,40)(H,41,42);3-4,7,10-13,21,23H,5-6,18H2,1-2H3/t35?,37-,38+,43+;;10-,11+,12-,13-/m0.1/s1. The first-order chi connectivity index (χ1) is 64.2. The van der Waals surface area contributed by atoms with Gasteiger partial charge in [-0.15, -0.1) is 20.4 Å². The maximum absolute atomic E-state index is 14.6. The van der Waals surface area contributed by atoms with Crippen molar-refractivity contribution in [3.63, 3.8) is 0 Å². The summed E-state index contributed by atoms with van der Waals surface area (Å²) in [7, 11) is 0. The molecule has 10 aromatic rings. The highest BCUT2D eigenvalue weighted by atomic mass is 19.3. The van der Waals surface area contributed by atoms with E-state index in [2.05, 4.69) is 66.2 Å². The summed E-state index contributed by atoms with van der Waals surface area (Å²) in [5.74, 6) is -9.30. The highest BCUT2D eigenvalue weighted by Gasteiger charge is 2.61. The molecule has 3 amide bonds. The minimum Gasteiger partial charge on any atom is -0.508 e. The SMILES string of the molecule is CC(C)[C@H](N)C(=O)Cc1ccn([C@@H]2O[C@H](CO)[C@@H](O)C2(F)F)c(=O)n1.CCNC(=O)c1nnc(-c2cc(C(C)C)c(O)cc2O)n1-c1ccc(OC2CCN(c3cnc(C(=O)N[C@H](C(=O)Cc4ccn([C@@H]5OC(CO)[C@@H](O)C5(F)F)c(=O)n4)C(C)C)cn3)CC2)cc1.CCNC(=O)c1nnc(-c2cc(C(C)C)c(O)cc2O)n1-c1ccc(OC2CCN(c3cnc(C(=O)O)cn3)CC2)cc1. The normalized spacial score (nSPS) is 18.7. The van der Waals surface area contributed by atoms with Gasteiger partial charge in [-0.2, -0.15) is 27.5 Å². The number of ether oxygens (including phenoxy) is 4. The van der Waals surface area contributed by atoms with Crippen molar-refractivity contribution in [2.45, 2.75) is 193 Å². The number of carboxylic acids is 1. The lowest BCUT2D eigenvalue weighted by Crippen LogP contribution is -2.45. The molecule has 0 spiro atoms. The summed E-state index contributed by atoms with van der Waals surface area (Å²) in [4.78, 5) is 129. The molecule has 720 valence electrons. The molecule has 14 rings (SSSR count). The number of anilines is 2. The van der Waals surface area contributed by atoms with E-state index in [-0.39, 0.29) is 111 Å². The Morgan fingerprint density at radius 3 is 1.24 bits per heavy atom. The van der Waals surface area contributed by atoms with Crippen LogP contribution >= 0.6 is 0 Å². The molecule has 0 saturated carbocycles. The Hall–Kier alpha value is -13.9. The number of nitrogens with two attached hydrogens (primary N) is 1. The number of rotatable bonds is 31. The molecule has 0 bridgehead atoms. The molecule has 8 atom stereocenters. The van der Waals surface area contributed by atoms with Crippen LogP contribution in [-0.4, -0.2) is 263 Å². The molecule has 10 heterocycles. The molecular formula is C90H106F4N20O21. The number of halogens is 4. The molecule has 0 radical (unpaired) electrons. The zero-order valence-electron chi connectivity index (χ0n) is 75.2. The Bertz CT molecular complexity index is 6010. The number of hydrogen-bond donors (Lipinski definition) is 13. The number of benzene rings is 4. The minimum absolute atomic E-state index is 0.00888. The first-order valence-corrected chi connectivity index (χ1v) is 43.6. The molecule has 4 aliphatic rings. The van der Waals surface area contributed by atoms with E-state index in [9.17, 15) is 91.7 Å². The number of carbonyl (C=O) groups excluding carboxylic acids is 5. The maximum atomic E-state index is 14.6. The van der Waals surface area contributed by atoms with Gasteiger partial charge in [0, 0.05) is 101 Å². The summed E-state index contributed by atoms with van der Waals surface area (Å²) in [5, 5.41) is 114. The number of phenolic OH excluding ortho intramolecular Hbond substituents is 4. The van der Waals surface area contributed by atoms with Crippen LogP contribution in [0.3, 0.4) is 0 Å². The average molecular weight is 1880 g/mol. The fraction of sp³-hybridized carbons (Fsp3) is 0.444. The summed E-state index contributed by atoms with van der Waals surface area (Å²) in [6.07, 6.45) is -2.57. The lowest BCUT2D eigenvalue weighted by atomic mass is 9.96. The van der Waals surface area contributed by atoms with E-state index in [0.29, 0.717) is 118 Å². The van der Waals surface area contributed by atoms with Gasteiger partial charge < -0.3 is 96.4 Å². The predicted octanol–water partition coefficient (Wildman–Crippen LogP) is 6.04. The van der Waals surface area contributed by atoms with Crippen LogP contribution in [0.2, 0.25) is 0 Å². The monoisotopic (exact) mass is 1880 g/mol. The number of nitrogens with one attached hydrogen (secondary N) is 3. The van der Waals surface area contributed by atoms with Crippen molar-refractivity contribution < 1.29 is 111 Å². The number of aromatic hydroxyl groups is 4. The van der Waals surface area contributed by atoms with E-state index in [1.807, 2.05) is 37.5 Å². The van der Waals surface area contributed by atoms with Crippen molar-refractivity contribution in [3.05, 3.63) is 189 Å². The largest absolute Gasteiger partial charge is 0.508 e. The molecule has 0 aliphatic carbocycles. The Balaban J connectivity index is 0.000000204. The smallest absolute Gasteiger partial charge is 0.356 e. The van der Waals surface area contributed by atoms with Gasteiger partial charge in [0.05, 0.1) is 85.4 Å². The van der Waals surface area contributed by atoms with Crippen LogP contribution in [0.4, 0.5) is 29.2 Å². The van der Waals surface area contributed by atoms with Crippen LogP contribution in [0.1, 0.15) is 184 Å². The number of nitrogens with zero attached hydrogens (tertiary/aromatic N) is 16. The number of aliphatic hydroxyl groups is 4. The fourth-order valence-electron chi connectivity index (χ4n) is 15.5. The van der Waals surface area contributed by atoms with Gasteiger partial charge in [-0.25, -0.2) is 34.3 Å². The molecule has 4 aliphatic heterocycles. The highest BCUT2D eigenvalue weighted by molar-refractivity contribution is 5.97. The van der Waals surface area contributed by atoms with Gasteiger partial charge in [0.15, 0.2) is 41.1 Å². The first kappa shape index (κ1) is 100. The molecule has 135 heavy (non-hydrogen) atoms. The number of phenols is 4. The number of aliphatic hydroxyl groups excluding tert-OH is 4. The zero-order valence-corrected chi connectivity index (χ0v) is 75.2. The van der Waals surface area contributed by atoms with Gasteiger partial charge in [-0.3, -0.25) is 42.2 Å². The van der Waals surface area contributed by atoms with Crippen molar-refractivity contribution in [2.75, 3.05) is 62.3 Å². The van der Waals surface area contributed by atoms with Crippen molar-refractivity contribution in [1.29, 1.82) is 0 Å². The van der Waals surface area contributed by atoms with Crippen LogP contribution in [0.5, 0.6) is 34.5 Å². The molecule has 6 aromatic heterocycles. The van der Waals surface area contributed by atoms with Crippen LogP contribution in [0, 0.1) is 11.8 Å². The lowest BCUT2D eigenvalue weighted by molar-refractivity contribution is -0.141. The molecule has 4 saturated heterocycles. The molecule has 14 N–H and O–H groups in total. The summed E-state index contributed by atoms with van der Waals surface area (Å²) < 4.78 is 84.0. The summed E-state index contributed by atoms with van der Waals surface area (Å²) in [6.45, 7) is 19.8. The summed E-state index contributed by atoms with van der Waals surface area (Å²) >= 11 is 0. The van der Waals surface area contributed by atoms with Crippen molar-refractivity contribution in [3.8, 4) is 68.6 Å². The van der Waals surface area contributed by atoms with Crippen molar-refractivity contribution >= 4 is 46.9 Å². The second kappa shape index (κ2) is 43.0. The van der Waals surface area contributed by atoms with E-state index < -0.39 is 127 Å². The van der Waals surface area contributed by atoms with Crippen LogP contribution < -0.4 is 52.3 Å². The Morgan fingerprint density at radius 1 is 0.519 bits per heavy atom. The number of amides is 3. The van der Waals surface area contributed by atoms with E-state index in [1.165, 1.54) is 49.1 Å². The van der Waals surface area contributed by atoms with Gasteiger partial charge in [0.25, 0.3) is 17.7 Å². The van der Waals surface area contributed by atoms with Gasteiger partial charge in [-0.1, -0.05) is 55.4 Å². The van der Waals surface area contributed by atoms with E-state index in [1.54, 1.807) is 111 Å². The number of piperidine rings is 2. The molecule has 4 aromatic carbocycles. The van der Waals surface area contributed by atoms with Crippen LogP contribution in [-0.2, 0) is 31.9 Å². The molecule has 41 nitrogen and oxygen atoms in total. The van der Waals surface area contributed by atoms with E-state index in [4.69, 9.17) is 34.9 Å². The molecule has 45 heteroatoms. The van der Waals surface area contributed by atoms with Crippen LogP contribution in [0.15, 0.2) is 132 Å². The van der Waals surface area contributed by atoms with Crippen molar-refractivity contribution in [1.82, 2.24) is 84.5 Å². The van der Waals surface area contributed by atoms with Crippen LogP contribution in [0.25, 0.3) is 34.2 Å². The van der Waals surface area contributed by atoms with Gasteiger partial charge in [0.2, 0.25) is 24.1 Å². The highest BCUT2D eigenvalue weighted by Crippen LogP contribution is 2.45. The zero-order chi connectivity index (χ0) is 97.9. The number of aromatic carboxylic acids is 1. The molecular weight excluding hydrogens is 1770 g/mol. The van der Waals surface area contributed by atoms with E-state index >= 15 is 0 Å². The molecule has 1 unspecified atom stereocenters. The second-order valence-corrected chi connectivity index (χ2v) is 33.8. The van der Waals surface area contributed by atoms with Gasteiger partial charge in [0.1, 0.15) is 76.2 Å². The average Bonchev–Trinajstić information content (AvgIpc) is 1.63. The van der Waals surface area contributed by atoms with Gasteiger partial charge in [-0.05, 0) is 121 Å². The summed E-state index contributed by atoms with van der Waals surface area (Å²) in [6, 6.07) is 20.8. The number of aromatic nitrogens is 14. The third kappa shape index (κ3) is 22.6. The predicted molar refractivity (Wildman–Crippen MR) is 474 cm³/mol. The number of hydrogen-bond acceptors (Lipinski definition) is 33. The third-order valence-electron chi connectivity index (χ3n) is 23.0. The van der Waals surface area contributed by atoms with E-state index in [0.717, 1.165) is 25.2 Å². The number of carboxylic acid groups (broad SMARTS) is 1.